The standard InChI is InChI=1S/C16H18F2OSi/c1-20(2,3)13-9-7-12(8-10-13)11-19-16-14(17)5-4-6-15(16)18/h4-10H,11H2,1-3H3. The van der Waals surface area contributed by atoms with E-state index in [1.54, 1.807) is 0 Å². The second-order valence-corrected chi connectivity index (χ2v) is 10.9. The molecule has 0 aromatic heterocycles. The molecule has 4 heteroatoms. The van der Waals surface area contributed by atoms with Crippen molar-refractivity contribution in [2.75, 3.05) is 0 Å². The highest BCUT2D eigenvalue weighted by molar-refractivity contribution is 6.88. The zero-order valence-corrected chi connectivity index (χ0v) is 12.9. The molecule has 0 fully saturated rings. The second-order valence-electron chi connectivity index (χ2n) is 5.79. The van der Waals surface area contributed by atoms with Crippen LogP contribution in [0.1, 0.15) is 5.56 Å². The van der Waals surface area contributed by atoms with Gasteiger partial charge in [-0.1, -0.05) is 55.2 Å². The van der Waals surface area contributed by atoms with Crippen LogP contribution in [0.5, 0.6) is 5.75 Å². The predicted molar refractivity (Wildman–Crippen MR) is 80.1 cm³/mol. The number of para-hydroxylation sites is 1. The van der Waals surface area contributed by atoms with Gasteiger partial charge in [0.2, 0.25) is 0 Å². The van der Waals surface area contributed by atoms with Crippen molar-refractivity contribution in [3.8, 4) is 5.75 Å². The van der Waals surface area contributed by atoms with E-state index in [1.165, 1.54) is 23.4 Å². The molecule has 2 rings (SSSR count). The highest BCUT2D eigenvalue weighted by Crippen LogP contribution is 2.21. The lowest BCUT2D eigenvalue weighted by molar-refractivity contribution is 0.274. The maximum atomic E-state index is 13.4. The summed E-state index contributed by atoms with van der Waals surface area (Å²) in [6.07, 6.45) is 0. The lowest BCUT2D eigenvalue weighted by Crippen LogP contribution is -2.37. The number of ether oxygens (including phenoxy) is 1. The Kier molecular flexibility index (Phi) is 4.23. The number of hydrogen-bond acceptors (Lipinski definition) is 1. The van der Waals surface area contributed by atoms with E-state index in [0.29, 0.717) is 0 Å². The van der Waals surface area contributed by atoms with E-state index in [1.807, 2.05) is 12.1 Å². The van der Waals surface area contributed by atoms with E-state index in [-0.39, 0.29) is 12.4 Å². The van der Waals surface area contributed by atoms with Gasteiger partial charge in [-0.05, 0) is 17.7 Å². The van der Waals surface area contributed by atoms with E-state index in [4.69, 9.17) is 4.74 Å². The smallest absolute Gasteiger partial charge is 0.191 e. The quantitative estimate of drug-likeness (QED) is 0.771. The number of rotatable bonds is 4. The Morgan fingerprint density at radius 2 is 1.45 bits per heavy atom. The fourth-order valence-corrected chi connectivity index (χ4v) is 3.04. The van der Waals surface area contributed by atoms with Crippen LogP contribution in [0.2, 0.25) is 19.6 Å². The van der Waals surface area contributed by atoms with E-state index < -0.39 is 19.7 Å². The third-order valence-electron chi connectivity index (χ3n) is 3.12. The zero-order chi connectivity index (χ0) is 14.8. The topological polar surface area (TPSA) is 9.23 Å². The fraction of sp³-hybridized carbons (Fsp3) is 0.250. The summed E-state index contributed by atoms with van der Waals surface area (Å²) >= 11 is 0. The summed E-state index contributed by atoms with van der Waals surface area (Å²) in [6.45, 7) is 6.97. The van der Waals surface area contributed by atoms with E-state index in [0.717, 1.165) is 5.56 Å². The highest BCUT2D eigenvalue weighted by Gasteiger charge is 2.16. The van der Waals surface area contributed by atoms with Crippen molar-refractivity contribution in [3.05, 3.63) is 59.7 Å². The molecule has 0 unspecified atom stereocenters. The summed E-state index contributed by atoms with van der Waals surface area (Å²) in [6, 6.07) is 11.7. The van der Waals surface area contributed by atoms with Gasteiger partial charge in [0, 0.05) is 0 Å². The van der Waals surface area contributed by atoms with Crippen LogP contribution in [-0.2, 0) is 6.61 Å². The van der Waals surface area contributed by atoms with E-state index >= 15 is 0 Å². The maximum absolute atomic E-state index is 13.4. The summed E-state index contributed by atoms with van der Waals surface area (Å²) in [5.74, 6) is -1.67. The first-order chi connectivity index (χ1) is 9.38. The molecule has 0 saturated carbocycles. The van der Waals surface area contributed by atoms with Gasteiger partial charge in [0.05, 0.1) is 8.07 Å². The van der Waals surface area contributed by atoms with Crippen LogP contribution in [-0.4, -0.2) is 8.07 Å². The molecule has 0 atom stereocenters. The summed E-state index contributed by atoms with van der Waals surface area (Å²) in [5.41, 5.74) is 0.898. The molecule has 0 heterocycles. The number of halogens is 2. The lowest BCUT2D eigenvalue weighted by Gasteiger charge is -2.17. The van der Waals surface area contributed by atoms with Gasteiger partial charge < -0.3 is 4.74 Å². The largest absolute Gasteiger partial charge is 0.483 e. The van der Waals surface area contributed by atoms with Gasteiger partial charge in [-0.2, -0.15) is 0 Å². The third-order valence-corrected chi connectivity index (χ3v) is 5.19. The van der Waals surface area contributed by atoms with Crippen LogP contribution >= 0.6 is 0 Å². The molecule has 0 N–H and O–H groups in total. The second kappa shape index (κ2) is 5.75. The molecule has 0 bridgehead atoms. The molecule has 0 aliphatic heterocycles. The molecule has 2 aromatic carbocycles. The number of hydrogen-bond donors (Lipinski definition) is 0. The Bertz CT molecular complexity index is 568. The molecule has 2 aromatic rings. The minimum Gasteiger partial charge on any atom is -0.483 e. The summed E-state index contributed by atoms with van der Waals surface area (Å²) in [4.78, 5) is 0. The normalized spacial score (nSPS) is 11.4. The summed E-state index contributed by atoms with van der Waals surface area (Å²) < 4.78 is 32.1. The molecule has 0 radical (unpaired) electrons. The minimum atomic E-state index is -1.32. The lowest BCUT2D eigenvalue weighted by atomic mass is 10.2. The maximum Gasteiger partial charge on any atom is 0.191 e. The SMILES string of the molecule is C[Si](C)(C)c1ccc(COc2c(F)cccc2F)cc1. The average Bonchev–Trinajstić information content (AvgIpc) is 2.37. The van der Waals surface area contributed by atoms with Gasteiger partial charge in [-0.25, -0.2) is 8.78 Å². The van der Waals surface area contributed by atoms with Crippen LogP contribution in [0.25, 0.3) is 0 Å². The van der Waals surface area contributed by atoms with Crippen LogP contribution in [0, 0.1) is 11.6 Å². The molecular weight excluding hydrogens is 274 g/mol. The first-order valence-electron chi connectivity index (χ1n) is 6.54. The molecule has 0 amide bonds. The third kappa shape index (κ3) is 3.45. The molecular formula is C16H18F2OSi. The average molecular weight is 292 g/mol. The predicted octanol–water partition coefficient (Wildman–Crippen LogP) is 4.09. The van der Waals surface area contributed by atoms with Crippen molar-refractivity contribution in [2.45, 2.75) is 26.2 Å². The first kappa shape index (κ1) is 14.7. The van der Waals surface area contributed by atoms with Crippen molar-refractivity contribution in [1.82, 2.24) is 0 Å². The van der Waals surface area contributed by atoms with Gasteiger partial charge in [0.25, 0.3) is 0 Å². The highest BCUT2D eigenvalue weighted by atomic mass is 28.3. The van der Waals surface area contributed by atoms with Crippen LogP contribution in [0.4, 0.5) is 8.78 Å². The van der Waals surface area contributed by atoms with Crippen molar-refractivity contribution in [2.24, 2.45) is 0 Å². The molecule has 20 heavy (non-hydrogen) atoms. The van der Waals surface area contributed by atoms with Crippen molar-refractivity contribution in [3.63, 3.8) is 0 Å². The van der Waals surface area contributed by atoms with Crippen molar-refractivity contribution in [1.29, 1.82) is 0 Å². The minimum absolute atomic E-state index is 0.157. The van der Waals surface area contributed by atoms with Crippen molar-refractivity contribution < 1.29 is 13.5 Å². The first-order valence-corrected chi connectivity index (χ1v) is 10.0. The molecule has 106 valence electrons. The molecule has 0 spiro atoms. The number of benzene rings is 2. The van der Waals surface area contributed by atoms with Crippen LogP contribution in [0.3, 0.4) is 0 Å². The van der Waals surface area contributed by atoms with Crippen LogP contribution < -0.4 is 9.92 Å². The Hall–Kier alpha value is -1.68. The Labute approximate surface area is 119 Å². The monoisotopic (exact) mass is 292 g/mol. The summed E-state index contributed by atoms with van der Waals surface area (Å²) in [5, 5.41) is 1.35. The Morgan fingerprint density at radius 1 is 0.900 bits per heavy atom. The van der Waals surface area contributed by atoms with Gasteiger partial charge in [-0.3, -0.25) is 0 Å². The molecule has 0 aliphatic rings. The van der Waals surface area contributed by atoms with Gasteiger partial charge >= 0.3 is 0 Å². The Balaban J connectivity index is 2.08. The van der Waals surface area contributed by atoms with E-state index in [2.05, 4.69) is 31.8 Å². The molecule has 1 nitrogen and oxygen atoms in total. The van der Waals surface area contributed by atoms with E-state index in [9.17, 15) is 8.78 Å². The Morgan fingerprint density at radius 3 is 1.95 bits per heavy atom. The zero-order valence-electron chi connectivity index (χ0n) is 11.9. The van der Waals surface area contributed by atoms with Gasteiger partial charge in [0.15, 0.2) is 17.4 Å². The fourth-order valence-electron chi connectivity index (χ4n) is 1.88. The summed E-state index contributed by atoms with van der Waals surface area (Å²) in [7, 11) is -1.32. The van der Waals surface area contributed by atoms with Crippen LogP contribution in [0.15, 0.2) is 42.5 Å². The van der Waals surface area contributed by atoms with Crippen molar-refractivity contribution >= 4 is 13.3 Å². The van der Waals surface area contributed by atoms with Gasteiger partial charge in [-0.15, -0.1) is 0 Å². The molecule has 0 aliphatic carbocycles. The molecule has 0 saturated heterocycles. The van der Waals surface area contributed by atoms with Gasteiger partial charge in [0.1, 0.15) is 6.61 Å².